The molecule has 0 unspecified atom stereocenters. The third-order valence-corrected chi connectivity index (χ3v) is 3.74. The number of rotatable bonds is 1. The van der Waals surface area contributed by atoms with Crippen LogP contribution in [0.4, 0.5) is 10.5 Å². The van der Waals surface area contributed by atoms with E-state index in [9.17, 15) is 4.79 Å². The van der Waals surface area contributed by atoms with Crippen LogP contribution >= 0.6 is 0 Å². The van der Waals surface area contributed by atoms with E-state index in [1.54, 1.807) is 0 Å². The fraction of sp³-hybridized carbons (Fsp3) is 0.562. The molecule has 0 aliphatic carbocycles. The van der Waals surface area contributed by atoms with Crippen LogP contribution in [0.15, 0.2) is 18.2 Å². The second-order valence-corrected chi connectivity index (χ2v) is 6.45. The summed E-state index contributed by atoms with van der Waals surface area (Å²) < 4.78 is 0. The number of benzene rings is 1. The van der Waals surface area contributed by atoms with Gasteiger partial charge in [-0.15, -0.1) is 0 Å². The molecule has 1 fully saturated rings. The first-order valence-corrected chi connectivity index (χ1v) is 7.26. The molecule has 1 aromatic rings. The van der Waals surface area contributed by atoms with Crippen molar-refractivity contribution in [2.45, 2.75) is 33.1 Å². The van der Waals surface area contributed by atoms with Crippen LogP contribution in [0.25, 0.3) is 0 Å². The van der Waals surface area contributed by atoms with Gasteiger partial charge in [0.1, 0.15) is 0 Å². The molecule has 1 aromatic carbocycles. The topological polar surface area (TPSA) is 44.4 Å². The van der Waals surface area contributed by atoms with Crippen LogP contribution in [0.2, 0.25) is 0 Å². The van der Waals surface area contributed by atoms with E-state index in [4.69, 9.17) is 0 Å². The summed E-state index contributed by atoms with van der Waals surface area (Å²) in [5.74, 6) is 0. The maximum absolute atomic E-state index is 12.2. The summed E-state index contributed by atoms with van der Waals surface area (Å²) >= 11 is 0. The highest BCUT2D eigenvalue weighted by molar-refractivity contribution is 5.90. The first-order valence-electron chi connectivity index (χ1n) is 7.26. The van der Waals surface area contributed by atoms with Crippen LogP contribution in [0, 0.1) is 6.92 Å². The molecule has 1 saturated heterocycles. The molecule has 0 radical (unpaired) electrons. The predicted molar refractivity (Wildman–Crippen MR) is 83.3 cm³/mol. The second kappa shape index (κ2) is 5.83. The number of aryl methyl sites for hydroxylation is 1. The minimum atomic E-state index is -0.00175. The highest BCUT2D eigenvalue weighted by Crippen LogP contribution is 2.26. The molecule has 2 amide bonds. The molecule has 110 valence electrons. The van der Waals surface area contributed by atoms with Gasteiger partial charge < -0.3 is 15.5 Å². The first-order chi connectivity index (χ1) is 9.38. The van der Waals surface area contributed by atoms with E-state index < -0.39 is 0 Å². The zero-order valence-corrected chi connectivity index (χ0v) is 12.9. The minimum Gasteiger partial charge on any atom is -0.322 e. The quantitative estimate of drug-likeness (QED) is 0.827. The third kappa shape index (κ3) is 3.51. The highest BCUT2D eigenvalue weighted by Gasteiger charge is 2.18. The number of nitrogens with one attached hydrogen (secondary N) is 2. The summed E-state index contributed by atoms with van der Waals surface area (Å²) in [5.41, 5.74) is 3.43. The molecule has 0 atom stereocenters. The van der Waals surface area contributed by atoms with E-state index in [1.165, 1.54) is 5.56 Å². The van der Waals surface area contributed by atoms with Crippen molar-refractivity contribution in [2.75, 3.05) is 31.5 Å². The Morgan fingerprint density at radius 3 is 2.45 bits per heavy atom. The zero-order valence-electron chi connectivity index (χ0n) is 12.9. The molecular formula is C16H25N3O. The lowest BCUT2D eigenvalue weighted by Crippen LogP contribution is -2.48. The van der Waals surface area contributed by atoms with Crippen molar-refractivity contribution in [1.29, 1.82) is 0 Å². The molecule has 0 aromatic heterocycles. The van der Waals surface area contributed by atoms with Crippen LogP contribution in [0.3, 0.4) is 0 Å². The predicted octanol–water partition coefficient (Wildman–Crippen LogP) is 2.73. The Labute approximate surface area is 121 Å². The van der Waals surface area contributed by atoms with E-state index >= 15 is 0 Å². The summed E-state index contributed by atoms with van der Waals surface area (Å²) in [7, 11) is 0. The van der Waals surface area contributed by atoms with Crippen LogP contribution in [-0.2, 0) is 5.41 Å². The van der Waals surface area contributed by atoms with Crippen molar-refractivity contribution in [3.05, 3.63) is 29.3 Å². The number of anilines is 1. The lowest BCUT2D eigenvalue weighted by Gasteiger charge is -2.28. The van der Waals surface area contributed by atoms with Gasteiger partial charge in [-0.1, -0.05) is 32.9 Å². The number of amides is 2. The molecule has 0 saturated carbocycles. The Hall–Kier alpha value is -1.55. The molecular weight excluding hydrogens is 250 g/mol. The van der Waals surface area contributed by atoms with Gasteiger partial charge in [-0.05, 0) is 29.5 Å². The fourth-order valence-corrected chi connectivity index (χ4v) is 2.33. The summed E-state index contributed by atoms with van der Waals surface area (Å²) in [4.78, 5) is 14.0. The second-order valence-electron chi connectivity index (χ2n) is 6.45. The van der Waals surface area contributed by atoms with Gasteiger partial charge in [0, 0.05) is 31.9 Å². The lowest BCUT2D eigenvalue weighted by molar-refractivity contribution is 0.204. The van der Waals surface area contributed by atoms with Crippen molar-refractivity contribution >= 4 is 11.7 Å². The number of nitrogens with zero attached hydrogens (tertiary/aromatic N) is 1. The molecule has 1 aliphatic rings. The first kappa shape index (κ1) is 14.9. The number of piperazine rings is 1. The van der Waals surface area contributed by atoms with E-state index in [0.717, 1.165) is 37.4 Å². The third-order valence-electron chi connectivity index (χ3n) is 3.74. The number of hydrogen-bond donors (Lipinski definition) is 2. The standard InChI is InChI=1S/C16H25N3O/c1-12-11-13(16(2,3)4)5-6-14(12)18-15(20)19-9-7-17-8-10-19/h5-6,11,17H,7-10H2,1-4H3,(H,18,20). The fourth-order valence-electron chi connectivity index (χ4n) is 2.33. The summed E-state index contributed by atoms with van der Waals surface area (Å²) in [6.07, 6.45) is 0. The largest absolute Gasteiger partial charge is 0.322 e. The smallest absolute Gasteiger partial charge is 0.321 e. The maximum atomic E-state index is 12.2. The van der Waals surface area contributed by atoms with Gasteiger partial charge in [-0.25, -0.2) is 4.79 Å². The van der Waals surface area contributed by atoms with E-state index in [-0.39, 0.29) is 11.4 Å². The van der Waals surface area contributed by atoms with Gasteiger partial charge in [0.05, 0.1) is 0 Å². The van der Waals surface area contributed by atoms with Crippen LogP contribution in [-0.4, -0.2) is 37.1 Å². The van der Waals surface area contributed by atoms with Gasteiger partial charge >= 0.3 is 6.03 Å². The Kier molecular flexibility index (Phi) is 4.33. The monoisotopic (exact) mass is 275 g/mol. The molecule has 1 aliphatic heterocycles. The van der Waals surface area contributed by atoms with Gasteiger partial charge in [-0.3, -0.25) is 0 Å². The van der Waals surface area contributed by atoms with Crippen molar-refractivity contribution in [3.8, 4) is 0 Å². The summed E-state index contributed by atoms with van der Waals surface area (Å²) in [5, 5.41) is 6.27. The maximum Gasteiger partial charge on any atom is 0.321 e. The molecule has 0 spiro atoms. The normalized spacial score (nSPS) is 16.1. The zero-order chi connectivity index (χ0) is 14.8. The molecule has 20 heavy (non-hydrogen) atoms. The van der Waals surface area contributed by atoms with E-state index in [1.807, 2.05) is 17.9 Å². The Morgan fingerprint density at radius 1 is 1.25 bits per heavy atom. The van der Waals surface area contributed by atoms with E-state index in [0.29, 0.717) is 0 Å². The molecule has 1 heterocycles. The number of urea groups is 1. The van der Waals surface area contributed by atoms with Gasteiger partial charge in [0.25, 0.3) is 0 Å². The number of carbonyl (C=O) groups is 1. The average Bonchev–Trinajstić information content (AvgIpc) is 2.41. The van der Waals surface area contributed by atoms with Gasteiger partial charge in [-0.2, -0.15) is 0 Å². The summed E-state index contributed by atoms with van der Waals surface area (Å²) in [6.45, 7) is 11.9. The Morgan fingerprint density at radius 2 is 1.90 bits per heavy atom. The van der Waals surface area contributed by atoms with Crippen molar-refractivity contribution in [1.82, 2.24) is 10.2 Å². The Balaban J connectivity index is 2.08. The molecule has 2 N–H and O–H groups in total. The Bertz CT molecular complexity index is 485. The van der Waals surface area contributed by atoms with Crippen molar-refractivity contribution in [3.63, 3.8) is 0 Å². The number of carbonyl (C=O) groups excluding carboxylic acids is 1. The number of hydrogen-bond acceptors (Lipinski definition) is 2. The minimum absolute atomic E-state index is 0.00175. The van der Waals surface area contributed by atoms with Gasteiger partial charge in [0.2, 0.25) is 0 Å². The van der Waals surface area contributed by atoms with Crippen LogP contribution in [0.1, 0.15) is 31.9 Å². The lowest BCUT2D eigenvalue weighted by atomic mass is 9.86. The molecule has 0 bridgehead atoms. The SMILES string of the molecule is Cc1cc(C(C)(C)C)ccc1NC(=O)N1CCNCC1. The highest BCUT2D eigenvalue weighted by atomic mass is 16.2. The summed E-state index contributed by atoms with van der Waals surface area (Å²) in [6, 6.07) is 6.27. The molecule has 2 rings (SSSR count). The van der Waals surface area contributed by atoms with Crippen LogP contribution < -0.4 is 10.6 Å². The average molecular weight is 275 g/mol. The van der Waals surface area contributed by atoms with E-state index in [2.05, 4.69) is 43.5 Å². The van der Waals surface area contributed by atoms with Crippen LogP contribution in [0.5, 0.6) is 0 Å². The molecule has 4 heteroatoms. The molecule has 4 nitrogen and oxygen atoms in total. The van der Waals surface area contributed by atoms with Crippen molar-refractivity contribution < 1.29 is 4.79 Å². The van der Waals surface area contributed by atoms with Crippen molar-refractivity contribution in [2.24, 2.45) is 0 Å². The van der Waals surface area contributed by atoms with Gasteiger partial charge in [0.15, 0.2) is 0 Å².